The molecule has 0 amide bonds. The molecule has 4 rings (SSSR count). The van der Waals surface area contributed by atoms with Gasteiger partial charge in [0.2, 0.25) is 0 Å². The molecule has 0 aromatic heterocycles. The van der Waals surface area contributed by atoms with E-state index >= 15 is 0 Å². The Morgan fingerprint density at radius 3 is 2.55 bits per heavy atom. The number of carbonyl (C=O) groups is 1. The maximum absolute atomic E-state index is 11.6. The van der Waals surface area contributed by atoms with Crippen LogP contribution >= 0.6 is 0 Å². The predicted molar refractivity (Wildman–Crippen MR) is 113 cm³/mol. The number of methoxy groups -OCH3 is 1. The summed E-state index contributed by atoms with van der Waals surface area (Å²) in [7, 11) is 1.46. The summed E-state index contributed by atoms with van der Waals surface area (Å²) in [4.78, 5) is 11.6. The van der Waals surface area contributed by atoms with Crippen LogP contribution in [0.1, 0.15) is 85.0 Å². The quantitative estimate of drug-likeness (QED) is 0.671. The molecule has 4 saturated carbocycles. The van der Waals surface area contributed by atoms with Crippen molar-refractivity contribution in [1.29, 1.82) is 0 Å². The largest absolute Gasteiger partial charge is 0.469 e. The first-order chi connectivity index (χ1) is 13.7. The number of fused-ring (bicyclic) bond motifs is 5. The third-order valence-corrected chi connectivity index (χ3v) is 10.5. The van der Waals surface area contributed by atoms with Crippen molar-refractivity contribution < 1.29 is 19.7 Å². The second kappa shape index (κ2) is 7.82. The number of esters is 1. The first-order valence-electron chi connectivity index (χ1n) is 12.1. The average molecular weight is 407 g/mol. The highest BCUT2D eigenvalue weighted by Gasteiger charge is 2.63. The van der Waals surface area contributed by atoms with Gasteiger partial charge in [-0.25, -0.2) is 0 Å². The van der Waals surface area contributed by atoms with Crippen molar-refractivity contribution in [2.45, 2.75) is 97.2 Å². The minimum atomic E-state index is -0.246. The molecule has 29 heavy (non-hydrogen) atoms. The van der Waals surface area contributed by atoms with E-state index in [2.05, 4.69) is 20.8 Å². The van der Waals surface area contributed by atoms with Crippen molar-refractivity contribution in [2.24, 2.45) is 46.3 Å². The lowest BCUT2D eigenvalue weighted by atomic mass is 9.43. The topological polar surface area (TPSA) is 66.8 Å². The molecule has 4 heteroatoms. The summed E-state index contributed by atoms with van der Waals surface area (Å²) in [5.41, 5.74) is 0.271. The molecule has 0 aromatic carbocycles. The van der Waals surface area contributed by atoms with E-state index in [1.807, 2.05) is 0 Å². The van der Waals surface area contributed by atoms with Gasteiger partial charge in [0.1, 0.15) is 0 Å². The van der Waals surface area contributed by atoms with E-state index in [0.29, 0.717) is 41.4 Å². The summed E-state index contributed by atoms with van der Waals surface area (Å²) in [6.07, 6.45) is 9.86. The maximum atomic E-state index is 11.6. The van der Waals surface area contributed by atoms with Gasteiger partial charge in [0.05, 0.1) is 19.3 Å². The SMILES string of the molecule is COC(=O)CC[C@@H](C)[C@@H]1CC[C@H]2[C@H]3CC[C@@H]4C[C@@H](O)CC[C@@]4(C)[C@@H]3C[C@@H](O)[C@]21C. The summed E-state index contributed by atoms with van der Waals surface area (Å²) in [6, 6.07) is 0. The summed E-state index contributed by atoms with van der Waals surface area (Å²) >= 11 is 0. The molecule has 0 heterocycles. The van der Waals surface area contributed by atoms with Crippen LogP contribution in [0.4, 0.5) is 0 Å². The maximum Gasteiger partial charge on any atom is 0.305 e. The Kier molecular flexibility index (Phi) is 5.83. The Bertz CT molecular complexity index is 620. The number of hydrogen-bond acceptors (Lipinski definition) is 4. The van der Waals surface area contributed by atoms with Crippen molar-refractivity contribution in [2.75, 3.05) is 7.11 Å². The third-order valence-electron chi connectivity index (χ3n) is 10.5. The van der Waals surface area contributed by atoms with Crippen LogP contribution < -0.4 is 0 Å². The molecule has 0 saturated heterocycles. The fourth-order valence-corrected chi connectivity index (χ4v) is 8.81. The number of ether oxygens (including phenoxy) is 1. The smallest absolute Gasteiger partial charge is 0.305 e. The van der Waals surface area contributed by atoms with Crippen LogP contribution in [-0.2, 0) is 9.53 Å². The van der Waals surface area contributed by atoms with E-state index in [1.54, 1.807) is 0 Å². The zero-order valence-electron chi connectivity index (χ0n) is 18.9. The summed E-state index contributed by atoms with van der Waals surface area (Å²) < 4.78 is 4.85. The Morgan fingerprint density at radius 1 is 1.07 bits per heavy atom. The second-order valence-electron chi connectivity index (χ2n) is 11.5. The average Bonchev–Trinajstić information content (AvgIpc) is 3.06. The van der Waals surface area contributed by atoms with E-state index in [-0.39, 0.29) is 23.6 Å². The van der Waals surface area contributed by atoms with E-state index in [1.165, 1.54) is 32.8 Å². The lowest BCUT2D eigenvalue weighted by Gasteiger charge is -2.62. The minimum absolute atomic E-state index is 0.0198. The van der Waals surface area contributed by atoms with Crippen LogP contribution in [0.25, 0.3) is 0 Å². The van der Waals surface area contributed by atoms with Crippen molar-refractivity contribution in [3.05, 3.63) is 0 Å². The van der Waals surface area contributed by atoms with Gasteiger partial charge in [0.15, 0.2) is 0 Å². The summed E-state index contributed by atoms with van der Waals surface area (Å²) in [6.45, 7) is 7.12. The number of rotatable bonds is 4. The van der Waals surface area contributed by atoms with E-state index < -0.39 is 0 Å². The van der Waals surface area contributed by atoms with Gasteiger partial charge in [-0.2, -0.15) is 0 Å². The zero-order chi connectivity index (χ0) is 21.0. The molecule has 0 radical (unpaired) electrons. The van der Waals surface area contributed by atoms with Gasteiger partial charge < -0.3 is 14.9 Å². The zero-order valence-corrected chi connectivity index (χ0v) is 18.9. The van der Waals surface area contributed by atoms with E-state index in [9.17, 15) is 15.0 Å². The van der Waals surface area contributed by atoms with Crippen molar-refractivity contribution in [3.63, 3.8) is 0 Å². The first-order valence-corrected chi connectivity index (χ1v) is 12.1. The Hall–Kier alpha value is -0.610. The van der Waals surface area contributed by atoms with Gasteiger partial charge in [0.25, 0.3) is 0 Å². The number of hydrogen-bond donors (Lipinski definition) is 2. The normalized spacial score (nSPS) is 50.2. The Labute approximate surface area is 176 Å². The number of aliphatic hydroxyl groups is 2. The molecule has 2 N–H and O–H groups in total. The molecule has 4 nitrogen and oxygen atoms in total. The number of aliphatic hydroxyl groups excluding tert-OH is 2. The summed E-state index contributed by atoms with van der Waals surface area (Å²) in [5, 5.41) is 21.8. The summed E-state index contributed by atoms with van der Waals surface area (Å²) in [5.74, 6) is 3.36. The molecule has 0 spiro atoms. The molecule has 0 aliphatic heterocycles. The number of carbonyl (C=O) groups excluding carboxylic acids is 1. The monoisotopic (exact) mass is 406 g/mol. The molecular weight excluding hydrogens is 364 g/mol. The molecule has 4 fully saturated rings. The minimum Gasteiger partial charge on any atom is -0.469 e. The van der Waals surface area contributed by atoms with Crippen LogP contribution in [0.2, 0.25) is 0 Å². The lowest BCUT2D eigenvalue weighted by Crippen LogP contribution is -2.58. The molecule has 4 aliphatic rings. The van der Waals surface area contributed by atoms with E-state index in [0.717, 1.165) is 38.0 Å². The predicted octanol–water partition coefficient (Wildman–Crippen LogP) is 4.57. The molecule has 0 unspecified atom stereocenters. The third kappa shape index (κ3) is 3.37. The van der Waals surface area contributed by atoms with Gasteiger partial charge in [-0.3, -0.25) is 4.79 Å². The molecular formula is C25H42O4. The fourth-order valence-electron chi connectivity index (χ4n) is 8.81. The van der Waals surface area contributed by atoms with Gasteiger partial charge in [-0.1, -0.05) is 20.8 Å². The van der Waals surface area contributed by atoms with Crippen LogP contribution in [-0.4, -0.2) is 35.5 Å². The molecule has 166 valence electrons. The highest BCUT2D eigenvalue weighted by Crippen LogP contribution is 2.68. The lowest BCUT2D eigenvalue weighted by molar-refractivity contribution is -0.175. The van der Waals surface area contributed by atoms with Gasteiger partial charge in [0, 0.05) is 6.42 Å². The van der Waals surface area contributed by atoms with Crippen molar-refractivity contribution in [3.8, 4) is 0 Å². The standard InChI is InChI=1S/C25H42O4/c1-15(5-10-23(28)29-4)19-8-9-20-18-7-6-16-13-17(26)11-12-24(16,2)21(18)14-22(27)25(19,20)3/h15-22,26-27H,5-14H2,1-4H3/t15-,16-,17+,18-,19+,20+,21-,22-,24-,25+/m1/s1. The molecule has 4 aliphatic carbocycles. The van der Waals surface area contributed by atoms with Crippen molar-refractivity contribution >= 4 is 5.97 Å². The molecule has 0 bridgehead atoms. The fraction of sp³-hybridized carbons (Fsp3) is 0.960. The van der Waals surface area contributed by atoms with Crippen LogP contribution in [0.5, 0.6) is 0 Å². The van der Waals surface area contributed by atoms with Crippen molar-refractivity contribution in [1.82, 2.24) is 0 Å². The highest BCUT2D eigenvalue weighted by atomic mass is 16.5. The Balaban J connectivity index is 1.53. The molecule has 0 aromatic rings. The highest BCUT2D eigenvalue weighted by molar-refractivity contribution is 5.69. The van der Waals surface area contributed by atoms with E-state index in [4.69, 9.17) is 4.74 Å². The van der Waals surface area contributed by atoms with Crippen LogP contribution in [0.15, 0.2) is 0 Å². The van der Waals surface area contributed by atoms with Crippen LogP contribution in [0, 0.1) is 46.3 Å². The second-order valence-corrected chi connectivity index (χ2v) is 11.5. The first kappa shape index (κ1) is 21.6. The van der Waals surface area contributed by atoms with Crippen LogP contribution in [0.3, 0.4) is 0 Å². The van der Waals surface area contributed by atoms with Gasteiger partial charge >= 0.3 is 5.97 Å². The van der Waals surface area contributed by atoms with Gasteiger partial charge in [-0.05, 0) is 104 Å². The van der Waals surface area contributed by atoms with Gasteiger partial charge in [-0.15, -0.1) is 0 Å². The Morgan fingerprint density at radius 2 is 1.83 bits per heavy atom. The molecule has 10 atom stereocenters.